The number of carbonyl (C=O) groups excluding carboxylic acids is 1. The van der Waals surface area contributed by atoms with Gasteiger partial charge in [-0.25, -0.2) is 18.7 Å². The molecule has 1 N–H and O–H groups in total. The van der Waals surface area contributed by atoms with Crippen molar-refractivity contribution in [1.29, 1.82) is 5.26 Å². The third-order valence-electron chi connectivity index (χ3n) is 6.54. The van der Waals surface area contributed by atoms with E-state index in [1.165, 1.54) is 18.3 Å². The lowest BCUT2D eigenvalue weighted by Crippen LogP contribution is -2.29. The first kappa shape index (κ1) is 24.4. The predicted molar refractivity (Wildman–Crippen MR) is 132 cm³/mol. The highest BCUT2D eigenvalue weighted by Crippen LogP contribution is 2.32. The molecule has 9 heteroatoms. The fourth-order valence-electron chi connectivity index (χ4n) is 4.63. The molecule has 0 radical (unpaired) electrons. The highest BCUT2D eigenvalue weighted by Gasteiger charge is 2.28. The SMILES string of the molecule is CCOC(=O)C1CCC(Oc2ccc(-c3cc(F)c(-c4nc5ccc(C#N)cc5[nH]4)c(F)c3)cn2)CC1. The van der Waals surface area contributed by atoms with Gasteiger partial charge in [-0.05, 0) is 74.6 Å². The van der Waals surface area contributed by atoms with Crippen LogP contribution >= 0.6 is 0 Å². The van der Waals surface area contributed by atoms with Crippen LogP contribution in [0.15, 0.2) is 48.7 Å². The second-order valence-electron chi connectivity index (χ2n) is 8.97. The van der Waals surface area contributed by atoms with Gasteiger partial charge in [0.15, 0.2) is 0 Å². The second kappa shape index (κ2) is 10.3. The number of nitrogens with zero attached hydrogens (tertiary/aromatic N) is 3. The number of pyridine rings is 1. The van der Waals surface area contributed by atoms with E-state index in [9.17, 15) is 4.79 Å². The predicted octanol–water partition coefficient (Wildman–Crippen LogP) is 5.94. The molecule has 1 aliphatic rings. The van der Waals surface area contributed by atoms with E-state index < -0.39 is 11.6 Å². The average Bonchev–Trinajstić information content (AvgIpc) is 3.32. The summed E-state index contributed by atoms with van der Waals surface area (Å²) in [4.78, 5) is 23.4. The number of esters is 1. The number of H-pyrrole nitrogens is 1. The Balaban J connectivity index is 1.29. The molecule has 0 amide bonds. The number of carbonyl (C=O) groups is 1. The maximum Gasteiger partial charge on any atom is 0.308 e. The summed E-state index contributed by atoms with van der Waals surface area (Å²) in [5.41, 5.74) is 2.03. The van der Waals surface area contributed by atoms with Crippen LogP contribution in [0.4, 0.5) is 8.78 Å². The van der Waals surface area contributed by atoms with Crippen molar-refractivity contribution in [2.45, 2.75) is 38.7 Å². The van der Waals surface area contributed by atoms with Gasteiger partial charge in [0.25, 0.3) is 0 Å². The molecule has 0 spiro atoms. The minimum atomic E-state index is -0.770. The Morgan fingerprint density at radius 1 is 1.08 bits per heavy atom. The van der Waals surface area contributed by atoms with E-state index in [0.717, 1.165) is 12.8 Å². The molecule has 4 aromatic rings. The molecule has 1 saturated carbocycles. The highest BCUT2D eigenvalue weighted by molar-refractivity contribution is 5.81. The second-order valence-corrected chi connectivity index (χ2v) is 8.97. The van der Waals surface area contributed by atoms with Gasteiger partial charge in [-0.1, -0.05) is 0 Å². The molecule has 0 saturated heterocycles. The van der Waals surface area contributed by atoms with Gasteiger partial charge in [0, 0.05) is 17.8 Å². The summed E-state index contributed by atoms with van der Waals surface area (Å²) in [6, 6.07) is 12.7. The number of halogens is 2. The Morgan fingerprint density at radius 2 is 1.84 bits per heavy atom. The number of hydrogen-bond donors (Lipinski definition) is 1. The van der Waals surface area contributed by atoms with Crippen LogP contribution in [-0.4, -0.2) is 33.6 Å². The maximum atomic E-state index is 15.1. The molecule has 188 valence electrons. The minimum absolute atomic E-state index is 0.0474. The number of benzene rings is 2. The van der Waals surface area contributed by atoms with Gasteiger partial charge in [-0.2, -0.15) is 5.26 Å². The van der Waals surface area contributed by atoms with E-state index in [2.05, 4.69) is 15.0 Å². The molecule has 1 aliphatic carbocycles. The Bertz CT molecular complexity index is 1460. The van der Waals surface area contributed by atoms with Crippen LogP contribution < -0.4 is 4.74 Å². The van der Waals surface area contributed by atoms with Crippen LogP contribution in [-0.2, 0) is 9.53 Å². The molecule has 7 nitrogen and oxygen atoms in total. The summed E-state index contributed by atoms with van der Waals surface area (Å²) >= 11 is 0. The molecule has 2 heterocycles. The van der Waals surface area contributed by atoms with Crippen LogP contribution in [0.3, 0.4) is 0 Å². The van der Waals surface area contributed by atoms with Crippen LogP contribution in [0, 0.1) is 28.9 Å². The average molecular weight is 503 g/mol. The number of aromatic nitrogens is 3. The van der Waals surface area contributed by atoms with Gasteiger partial charge in [0.2, 0.25) is 5.88 Å². The van der Waals surface area contributed by atoms with E-state index in [4.69, 9.17) is 14.7 Å². The lowest BCUT2D eigenvalue weighted by Gasteiger charge is -2.27. The Morgan fingerprint density at radius 3 is 2.49 bits per heavy atom. The molecule has 2 aromatic heterocycles. The van der Waals surface area contributed by atoms with Crippen molar-refractivity contribution in [2.75, 3.05) is 6.61 Å². The Hall–Kier alpha value is -4.32. The molecular formula is C28H24F2N4O3. The zero-order chi connectivity index (χ0) is 25.9. The molecule has 1 fully saturated rings. The number of fused-ring (bicyclic) bond motifs is 1. The van der Waals surface area contributed by atoms with Crippen LogP contribution in [0.1, 0.15) is 38.2 Å². The van der Waals surface area contributed by atoms with Gasteiger partial charge < -0.3 is 14.5 Å². The number of nitriles is 1. The molecule has 37 heavy (non-hydrogen) atoms. The molecule has 2 aromatic carbocycles. The molecule has 0 bridgehead atoms. The fraction of sp³-hybridized carbons (Fsp3) is 0.286. The lowest BCUT2D eigenvalue weighted by molar-refractivity contribution is -0.149. The summed E-state index contributed by atoms with van der Waals surface area (Å²) in [6.07, 6.45) is 4.33. The van der Waals surface area contributed by atoms with E-state index in [1.54, 1.807) is 37.3 Å². The van der Waals surface area contributed by atoms with E-state index in [-0.39, 0.29) is 29.4 Å². The summed E-state index contributed by atoms with van der Waals surface area (Å²) in [5.74, 6) is -1.31. The van der Waals surface area contributed by atoms with Crippen LogP contribution in [0.5, 0.6) is 5.88 Å². The minimum Gasteiger partial charge on any atom is -0.474 e. The Kier molecular flexibility index (Phi) is 6.82. The molecular weight excluding hydrogens is 478 g/mol. The fourth-order valence-corrected chi connectivity index (χ4v) is 4.63. The third-order valence-corrected chi connectivity index (χ3v) is 6.54. The largest absolute Gasteiger partial charge is 0.474 e. The van der Waals surface area contributed by atoms with Gasteiger partial charge in [0.1, 0.15) is 23.6 Å². The standard InChI is InChI=1S/C28H24F2N4O3/c1-2-36-28(35)17-4-7-20(8-5-17)37-25-10-6-18(15-32-25)19-12-21(29)26(22(30)13-19)27-33-23-9-3-16(14-31)11-24(23)34-27/h3,6,9-13,15,17,20H,2,4-5,7-8H2,1H3,(H,33,34). The maximum absolute atomic E-state index is 15.1. The third kappa shape index (κ3) is 5.14. The highest BCUT2D eigenvalue weighted by atomic mass is 19.1. The number of ether oxygens (including phenoxy) is 2. The topological polar surface area (TPSA) is 101 Å². The summed E-state index contributed by atoms with van der Waals surface area (Å²) in [5, 5.41) is 9.06. The van der Waals surface area contributed by atoms with Crippen molar-refractivity contribution in [3.05, 3.63) is 65.9 Å². The van der Waals surface area contributed by atoms with Crippen molar-refractivity contribution < 1.29 is 23.0 Å². The van der Waals surface area contributed by atoms with Crippen molar-refractivity contribution in [3.8, 4) is 34.5 Å². The normalized spacial score (nSPS) is 17.4. The number of nitrogens with one attached hydrogen (secondary N) is 1. The molecule has 5 rings (SSSR count). The first-order valence-electron chi connectivity index (χ1n) is 12.1. The van der Waals surface area contributed by atoms with E-state index in [1.807, 2.05) is 6.07 Å². The summed E-state index contributed by atoms with van der Waals surface area (Å²) in [7, 11) is 0. The summed E-state index contributed by atoms with van der Waals surface area (Å²) in [6.45, 7) is 2.18. The zero-order valence-corrected chi connectivity index (χ0v) is 20.1. The molecule has 0 atom stereocenters. The number of imidazole rings is 1. The lowest BCUT2D eigenvalue weighted by atomic mass is 9.87. The van der Waals surface area contributed by atoms with Crippen molar-refractivity contribution >= 4 is 17.0 Å². The van der Waals surface area contributed by atoms with Crippen molar-refractivity contribution in [1.82, 2.24) is 15.0 Å². The molecule has 0 aliphatic heterocycles. The Labute approximate surface area is 212 Å². The number of rotatable bonds is 6. The first-order chi connectivity index (χ1) is 17.9. The molecule has 0 unspecified atom stereocenters. The van der Waals surface area contributed by atoms with E-state index in [0.29, 0.717) is 53.1 Å². The number of hydrogen-bond acceptors (Lipinski definition) is 6. The number of aromatic amines is 1. The van der Waals surface area contributed by atoms with Gasteiger partial charge >= 0.3 is 5.97 Å². The van der Waals surface area contributed by atoms with Gasteiger partial charge in [0.05, 0.1) is 40.8 Å². The van der Waals surface area contributed by atoms with E-state index >= 15 is 8.78 Å². The van der Waals surface area contributed by atoms with Crippen LogP contribution in [0.25, 0.3) is 33.5 Å². The smallest absolute Gasteiger partial charge is 0.308 e. The zero-order valence-electron chi connectivity index (χ0n) is 20.1. The monoisotopic (exact) mass is 502 g/mol. The van der Waals surface area contributed by atoms with Crippen molar-refractivity contribution in [2.24, 2.45) is 5.92 Å². The first-order valence-corrected chi connectivity index (χ1v) is 12.1. The van der Waals surface area contributed by atoms with Crippen molar-refractivity contribution in [3.63, 3.8) is 0 Å². The van der Waals surface area contributed by atoms with Crippen LogP contribution in [0.2, 0.25) is 0 Å². The summed E-state index contributed by atoms with van der Waals surface area (Å²) < 4.78 is 41.2. The van der Waals surface area contributed by atoms with Gasteiger partial charge in [-0.15, -0.1) is 0 Å². The van der Waals surface area contributed by atoms with Gasteiger partial charge in [-0.3, -0.25) is 4.79 Å². The quantitative estimate of drug-likeness (QED) is 0.327.